The zero-order valence-corrected chi connectivity index (χ0v) is 13.6. The number of hydrogen-bond acceptors (Lipinski definition) is 3. The Morgan fingerprint density at radius 1 is 1.19 bits per heavy atom. The lowest BCUT2D eigenvalue weighted by Crippen LogP contribution is -2.44. The molecule has 0 spiro atoms. The van der Waals surface area contributed by atoms with Gasteiger partial charge in [0.1, 0.15) is 5.25 Å². The number of hydrogen-bond donors (Lipinski definition) is 1. The maximum absolute atomic E-state index is 12.4. The topological polar surface area (TPSA) is 63.2 Å². The molecule has 6 heteroatoms. The van der Waals surface area contributed by atoms with Gasteiger partial charge in [0, 0.05) is 11.1 Å². The predicted molar refractivity (Wildman–Crippen MR) is 83.1 cm³/mol. The van der Waals surface area contributed by atoms with E-state index < -0.39 is 21.0 Å². The lowest BCUT2D eigenvalue weighted by molar-refractivity contribution is -0.121. The number of nitrogens with one attached hydrogen (secondary N) is 1. The van der Waals surface area contributed by atoms with E-state index in [0.29, 0.717) is 5.02 Å². The third kappa shape index (κ3) is 3.98. The molecule has 1 aromatic rings. The van der Waals surface area contributed by atoms with Gasteiger partial charge in [-0.15, -0.1) is 0 Å². The molecule has 21 heavy (non-hydrogen) atoms. The van der Waals surface area contributed by atoms with Crippen molar-refractivity contribution in [3.63, 3.8) is 0 Å². The molecule has 0 radical (unpaired) electrons. The van der Waals surface area contributed by atoms with Gasteiger partial charge in [-0.1, -0.05) is 30.9 Å². The van der Waals surface area contributed by atoms with Gasteiger partial charge in [-0.3, -0.25) is 4.79 Å². The van der Waals surface area contributed by atoms with Crippen LogP contribution < -0.4 is 5.32 Å². The highest BCUT2D eigenvalue weighted by Crippen LogP contribution is 2.21. The molecule has 0 heterocycles. The Labute approximate surface area is 130 Å². The molecule has 0 saturated heterocycles. The first-order chi connectivity index (χ1) is 9.91. The average molecular weight is 330 g/mol. The molecular weight excluding hydrogens is 310 g/mol. The van der Waals surface area contributed by atoms with E-state index in [1.807, 2.05) is 0 Å². The highest BCUT2D eigenvalue weighted by Gasteiger charge is 2.31. The standard InChI is InChI=1S/C15H20ClNO3S/c1-11(15(18)17-13-5-3-2-4-6-13)21(19,20)14-9-7-12(16)8-10-14/h7-11,13H,2-6H2,1H3,(H,17,18). The van der Waals surface area contributed by atoms with Crippen molar-refractivity contribution < 1.29 is 13.2 Å². The smallest absolute Gasteiger partial charge is 0.238 e. The third-order valence-electron chi connectivity index (χ3n) is 3.93. The Hall–Kier alpha value is -1.07. The summed E-state index contributed by atoms with van der Waals surface area (Å²) >= 11 is 5.76. The molecule has 1 amide bonds. The molecule has 1 fully saturated rings. The maximum Gasteiger partial charge on any atom is 0.238 e. The van der Waals surface area contributed by atoms with Gasteiger partial charge in [0.05, 0.1) is 4.90 Å². The fourth-order valence-electron chi connectivity index (χ4n) is 2.53. The summed E-state index contributed by atoms with van der Waals surface area (Å²) in [5, 5.41) is 2.23. The summed E-state index contributed by atoms with van der Waals surface area (Å²) in [4.78, 5) is 12.3. The molecule has 1 unspecified atom stereocenters. The Morgan fingerprint density at radius 3 is 2.33 bits per heavy atom. The Kier molecular flexibility index (Phi) is 5.27. The Bertz CT molecular complexity index is 592. The van der Waals surface area contributed by atoms with E-state index in [1.165, 1.54) is 37.6 Å². The highest BCUT2D eigenvalue weighted by molar-refractivity contribution is 7.92. The van der Waals surface area contributed by atoms with Crippen molar-refractivity contribution in [2.75, 3.05) is 0 Å². The van der Waals surface area contributed by atoms with Crippen LogP contribution in [0.2, 0.25) is 5.02 Å². The van der Waals surface area contributed by atoms with E-state index in [0.717, 1.165) is 25.7 Å². The minimum absolute atomic E-state index is 0.106. The van der Waals surface area contributed by atoms with E-state index in [9.17, 15) is 13.2 Å². The van der Waals surface area contributed by atoms with Crippen molar-refractivity contribution in [3.05, 3.63) is 29.3 Å². The molecule has 4 nitrogen and oxygen atoms in total. The lowest BCUT2D eigenvalue weighted by atomic mass is 9.95. The van der Waals surface area contributed by atoms with Crippen molar-refractivity contribution in [1.29, 1.82) is 0 Å². The third-order valence-corrected chi connectivity index (χ3v) is 6.25. The van der Waals surface area contributed by atoms with E-state index in [4.69, 9.17) is 11.6 Å². The first-order valence-corrected chi connectivity index (χ1v) is 9.13. The number of amides is 1. The predicted octanol–water partition coefficient (Wildman–Crippen LogP) is 2.95. The Balaban J connectivity index is 2.08. The van der Waals surface area contributed by atoms with E-state index in [2.05, 4.69) is 5.32 Å². The van der Waals surface area contributed by atoms with Crippen molar-refractivity contribution in [2.24, 2.45) is 0 Å². The van der Waals surface area contributed by atoms with Crippen LogP contribution in [0.5, 0.6) is 0 Å². The first kappa shape index (κ1) is 16.3. The van der Waals surface area contributed by atoms with Crippen molar-refractivity contribution >= 4 is 27.3 Å². The number of benzene rings is 1. The van der Waals surface area contributed by atoms with Crippen LogP contribution in [-0.4, -0.2) is 25.6 Å². The summed E-state index contributed by atoms with van der Waals surface area (Å²) in [6.07, 6.45) is 5.22. The van der Waals surface area contributed by atoms with E-state index in [1.54, 1.807) is 0 Å². The molecule has 0 aromatic heterocycles. The zero-order valence-electron chi connectivity index (χ0n) is 12.0. The Morgan fingerprint density at radius 2 is 1.76 bits per heavy atom. The monoisotopic (exact) mass is 329 g/mol. The fraction of sp³-hybridized carbons (Fsp3) is 0.533. The second-order valence-corrected chi connectivity index (χ2v) is 8.19. The minimum atomic E-state index is -3.68. The lowest BCUT2D eigenvalue weighted by Gasteiger charge is -2.24. The summed E-state index contributed by atoms with van der Waals surface area (Å²) in [7, 11) is -3.68. The highest BCUT2D eigenvalue weighted by atomic mass is 35.5. The summed E-state index contributed by atoms with van der Waals surface area (Å²) in [6, 6.07) is 6.00. The van der Waals surface area contributed by atoms with Crippen LogP contribution in [0.3, 0.4) is 0 Å². The molecule has 1 aromatic carbocycles. The number of carbonyl (C=O) groups excluding carboxylic acids is 1. The van der Waals surface area contributed by atoms with Crippen molar-refractivity contribution in [1.82, 2.24) is 5.32 Å². The summed E-state index contributed by atoms with van der Waals surface area (Å²) in [6.45, 7) is 1.43. The van der Waals surface area contributed by atoms with Crippen LogP contribution in [0.4, 0.5) is 0 Å². The van der Waals surface area contributed by atoms with Gasteiger partial charge >= 0.3 is 0 Å². The van der Waals surface area contributed by atoms with Crippen LogP contribution in [0, 0.1) is 0 Å². The molecule has 1 aliphatic carbocycles. The fourth-order valence-corrected chi connectivity index (χ4v) is 3.93. The molecule has 1 N–H and O–H groups in total. The first-order valence-electron chi connectivity index (χ1n) is 7.21. The number of halogens is 1. The maximum atomic E-state index is 12.4. The molecule has 1 atom stereocenters. The van der Waals surface area contributed by atoms with Crippen LogP contribution in [0.25, 0.3) is 0 Å². The molecular formula is C15H20ClNO3S. The quantitative estimate of drug-likeness (QED) is 0.923. The average Bonchev–Trinajstić information content (AvgIpc) is 2.48. The van der Waals surface area contributed by atoms with Crippen LogP contribution >= 0.6 is 11.6 Å². The number of carbonyl (C=O) groups is 1. The SMILES string of the molecule is CC(C(=O)NC1CCCCC1)S(=O)(=O)c1ccc(Cl)cc1. The summed E-state index contributed by atoms with van der Waals surface area (Å²) in [5.74, 6) is -0.420. The second kappa shape index (κ2) is 6.79. The normalized spacial score (nSPS) is 18.2. The molecule has 0 aliphatic heterocycles. The van der Waals surface area contributed by atoms with Crippen molar-refractivity contribution in [2.45, 2.75) is 55.2 Å². The van der Waals surface area contributed by atoms with Gasteiger partial charge in [0.15, 0.2) is 9.84 Å². The molecule has 116 valence electrons. The largest absolute Gasteiger partial charge is 0.352 e. The second-order valence-electron chi connectivity index (χ2n) is 5.48. The van der Waals surface area contributed by atoms with E-state index in [-0.39, 0.29) is 10.9 Å². The molecule has 0 bridgehead atoms. The van der Waals surface area contributed by atoms with Crippen LogP contribution in [0.15, 0.2) is 29.2 Å². The summed E-state index contributed by atoms with van der Waals surface area (Å²) in [5.41, 5.74) is 0. The van der Waals surface area contributed by atoms with Gasteiger partial charge in [0.2, 0.25) is 5.91 Å². The van der Waals surface area contributed by atoms with Gasteiger partial charge in [-0.05, 0) is 44.0 Å². The number of sulfone groups is 1. The number of rotatable bonds is 4. The molecule has 1 saturated carbocycles. The minimum Gasteiger partial charge on any atom is -0.352 e. The van der Waals surface area contributed by atoms with Gasteiger partial charge in [-0.25, -0.2) is 8.42 Å². The van der Waals surface area contributed by atoms with Crippen molar-refractivity contribution in [3.8, 4) is 0 Å². The molecule has 1 aliphatic rings. The van der Waals surface area contributed by atoms with Gasteiger partial charge in [-0.2, -0.15) is 0 Å². The van der Waals surface area contributed by atoms with Crippen LogP contribution in [-0.2, 0) is 14.6 Å². The summed E-state index contributed by atoms with van der Waals surface area (Å²) < 4.78 is 24.8. The van der Waals surface area contributed by atoms with Gasteiger partial charge in [0.25, 0.3) is 0 Å². The van der Waals surface area contributed by atoms with E-state index >= 15 is 0 Å². The van der Waals surface area contributed by atoms with Gasteiger partial charge < -0.3 is 5.32 Å². The molecule has 2 rings (SSSR count). The zero-order chi connectivity index (χ0) is 15.5. The van der Waals surface area contributed by atoms with Crippen LogP contribution in [0.1, 0.15) is 39.0 Å².